The van der Waals surface area contributed by atoms with Gasteiger partial charge in [-0.15, -0.1) is 0 Å². The first-order valence-corrected chi connectivity index (χ1v) is 10.7. The first-order chi connectivity index (χ1) is 10.4. The zero-order valence-electron chi connectivity index (χ0n) is 13.7. The summed E-state index contributed by atoms with van der Waals surface area (Å²) in [4.78, 5) is 0.266. The highest BCUT2D eigenvalue weighted by molar-refractivity contribution is 7.94. The Hall–Kier alpha value is -1.18. The van der Waals surface area contributed by atoms with Gasteiger partial charge in [0.2, 0.25) is 0 Å². The van der Waals surface area contributed by atoms with Crippen LogP contribution >= 0.6 is 0 Å². The SMILES string of the molecule is Cc1ccc(S(=O)(=O)C=C2CC(COS(C)(=O)=O)C2(C)C)cc1. The molecule has 0 N–H and O–H groups in total. The van der Waals surface area contributed by atoms with Gasteiger partial charge < -0.3 is 0 Å². The van der Waals surface area contributed by atoms with Crippen molar-refractivity contribution in [2.24, 2.45) is 11.3 Å². The van der Waals surface area contributed by atoms with Crippen molar-refractivity contribution in [3.63, 3.8) is 0 Å². The van der Waals surface area contributed by atoms with E-state index in [0.29, 0.717) is 6.42 Å². The van der Waals surface area contributed by atoms with Gasteiger partial charge in [0.1, 0.15) is 0 Å². The summed E-state index contributed by atoms with van der Waals surface area (Å²) in [5.74, 6) is -0.0170. The number of benzene rings is 1. The van der Waals surface area contributed by atoms with Crippen molar-refractivity contribution in [3.8, 4) is 0 Å². The Morgan fingerprint density at radius 3 is 2.22 bits per heavy atom. The number of sulfone groups is 1. The lowest BCUT2D eigenvalue weighted by Crippen LogP contribution is -2.41. The smallest absolute Gasteiger partial charge is 0.264 e. The molecule has 0 amide bonds. The van der Waals surface area contributed by atoms with Crippen LogP contribution in [-0.4, -0.2) is 29.7 Å². The van der Waals surface area contributed by atoms with E-state index in [4.69, 9.17) is 4.18 Å². The maximum atomic E-state index is 12.5. The molecule has 0 aliphatic heterocycles. The van der Waals surface area contributed by atoms with E-state index < -0.39 is 25.4 Å². The molecule has 1 fully saturated rings. The zero-order valence-corrected chi connectivity index (χ0v) is 15.4. The molecule has 1 unspecified atom stereocenters. The first kappa shape index (κ1) is 18.2. The molecule has 0 saturated heterocycles. The summed E-state index contributed by atoms with van der Waals surface area (Å²) in [6.45, 7) is 5.79. The number of hydrogen-bond acceptors (Lipinski definition) is 5. The van der Waals surface area contributed by atoms with Crippen LogP contribution in [0.2, 0.25) is 0 Å². The molecule has 0 aromatic heterocycles. The molecule has 1 aromatic carbocycles. The molecule has 0 radical (unpaired) electrons. The second-order valence-corrected chi connectivity index (χ2v) is 10.1. The summed E-state index contributed by atoms with van der Waals surface area (Å²) < 4.78 is 51.9. The van der Waals surface area contributed by atoms with E-state index in [-0.39, 0.29) is 17.4 Å². The van der Waals surface area contributed by atoms with E-state index in [1.807, 2.05) is 20.8 Å². The third-order valence-corrected chi connectivity index (χ3v) is 6.53. The van der Waals surface area contributed by atoms with Gasteiger partial charge >= 0.3 is 0 Å². The number of aryl methyl sites for hydroxylation is 1. The monoisotopic (exact) mass is 358 g/mol. The average Bonchev–Trinajstić information content (AvgIpc) is 2.41. The standard InChI is InChI=1S/C16H22O5S2/c1-12-5-7-15(8-6-12)23(19,20)11-14-9-13(16(14,2)3)10-21-22(4,17)18/h5-8,11,13H,9-10H2,1-4H3. The van der Waals surface area contributed by atoms with Crippen LogP contribution in [0.3, 0.4) is 0 Å². The van der Waals surface area contributed by atoms with E-state index >= 15 is 0 Å². The molecule has 1 aliphatic carbocycles. The van der Waals surface area contributed by atoms with Crippen molar-refractivity contribution in [3.05, 3.63) is 40.8 Å². The lowest BCUT2D eigenvalue weighted by Gasteiger charge is -2.47. The molecule has 1 aromatic rings. The molecular weight excluding hydrogens is 336 g/mol. The maximum absolute atomic E-state index is 12.5. The van der Waals surface area contributed by atoms with Crippen LogP contribution in [0, 0.1) is 18.3 Å². The van der Waals surface area contributed by atoms with E-state index in [0.717, 1.165) is 17.4 Å². The number of allylic oxidation sites excluding steroid dienone is 1. The van der Waals surface area contributed by atoms with E-state index in [9.17, 15) is 16.8 Å². The van der Waals surface area contributed by atoms with Gasteiger partial charge in [-0.1, -0.05) is 37.1 Å². The predicted molar refractivity (Wildman–Crippen MR) is 89.1 cm³/mol. The Balaban J connectivity index is 2.17. The topological polar surface area (TPSA) is 77.5 Å². The van der Waals surface area contributed by atoms with Gasteiger partial charge in [0.25, 0.3) is 10.1 Å². The second-order valence-electron chi connectivity index (χ2n) is 6.61. The summed E-state index contributed by atoms with van der Waals surface area (Å²) in [6, 6.07) is 6.72. The van der Waals surface area contributed by atoms with Crippen molar-refractivity contribution >= 4 is 20.0 Å². The fourth-order valence-corrected chi connectivity index (χ4v) is 4.41. The normalized spacial score (nSPS) is 22.8. The Bertz CT molecular complexity index is 816. The third kappa shape index (κ3) is 4.22. The van der Waals surface area contributed by atoms with E-state index in [1.165, 1.54) is 5.41 Å². The lowest BCUT2D eigenvalue weighted by atomic mass is 9.59. The van der Waals surface area contributed by atoms with Gasteiger partial charge in [-0.05, 0) is 36.8 Å². The molecule has 5 nitrogen and oxygen atoms in total. The average molecular weight is 358 g/mol. The van der Waals surface area contributed by atoms with Gasteiger partial charge in [0.15, 0.2) is 9.84 Å². The Morgan fingerprint density at radius 1 is 1.17 bits per heavy atom. The fourth-order valence-electron chi connectivity index (χ4n) is 2.57. The van der Waals surface area contributed by atoms with Gasteiger partial charge in [-0.25, -0.2) is 8.42 Å². The molecule has 7 heteroatoms. The van der Waals surface area contributed by atoms with Crippen molar-refractivity contribution in [1.82, 2.24) is 0 Å². The summed E-state index contributed by atoms with van der Waals surface area (Å²) in [7, 11) is -6.98. The van der Waals surface area contributed by atoms with Crippen molar-refractivity contribution in [2.45, 2.75) is 32.1 Å². The molecule has 1 aliphatic rings. The minimum atomic E-state index is -3.50. The highest BCUT2D eigenvalue weighted by atomic mass is 32.2. The largest absolute Gasteiger partial charge is 0.270 e. The van der Waals surface area contributed by atoms with Gasteiger partial charge in [0.05, 0.1) is 17.8 Å². The molecule has 0 heterocycles. The quantitative estimate of drug-likeness (QED) is 0.756. The minimum Gasteiger partial charge on any atom is -0.270 e. The molecule has 1 saturated carbocycles. The van der Waals surface area contributed by atoms with Gasteiger partial charge in [-0.2, -0.15) is 8.42 Å². The molecular formula is C16H22O5S2. The second kappa shape index (κ2) is 6.03. The zero-order chi connectivity index (χ0) is 17.5. The maximum Gasteiger partial charge on any atom is 0.264 e. The summed E-state index contributed by atoms with van der Waals surface area (Å²) >= 11 is 0. The van der Waals surface area contributed by atoms with Crippen LogP contribution in [0.5, 0.6) is 0 Å². The number of rotatable bonds is 5. The Labute approximate surface area is 138 Å². The molecule has 23 heavy (non-hydrogen) atoms. The van der Waals surface area contributed by atoms with E-state index in [1.54, 1.807) is 24.3 Å². The van der Waals surface area contributed by atoms with Crippen molar-refractivity contribution in [1.29, 1.82) is 0 Å². The highest BCUT2D eigenvalue weighted by Gasteiger charge is 2.44. The van der Waals surface area contributed by atoms with E-state index in [2.05, 4.69) is 0 Å². The summed E-state index contributed by atoms with van der Waals surface area (Å²) in [5.41, 5.74) is 1.39. The molecule has 0 bridgehead atoms. The molecule has 2 rings (SSSR count). The number of hydrogen-bond donors (Lipinski definition) is 0. The van der Waals surface area contributed by atoms with Crippen molar-refractivity contribution < 1.29 is 21.0 Å². The minimum absolute atomic E-state index is 0.0170. The Morgan fingerprint density at radius 2 is 1.74 bits per heavy atom. The molecule has 128 valence electrons. The van der Waals surface area contributed by atoms with Gasteiger partial charge in [-0.3, -0.25) is 4.18 Å². The van der Waals surface area contributed by atoms with Crippen LogP contribution in [-0.2, 0) is 24.1 Å². The van der Waals surface area contributed by atoms with Crippen LogP contribution < -0.4 is 0 Å². The lowest BCUT2D eigenvalue weighted by molar-refractivity contribution is 0.101. The predicted octanol–water partition coefficient (Wildman–Crippen LogP) is 2.67. The van der Waals surface area contributed by atoms with Crippen LogP contribution in [0.4, 0.5) is 0 Å². The highest BCUT2D eigenvalue weighted by Crippen LogP contribution is 2.51. The van der Waals surface area contributed by atoms with Crippen LogP contribution in [0.25, 0.3) is 0 Å². The first-order valence-electron chi connectivity index (χ1n) is 7.29. The molecule has 1 atom stereocenters. The van der Waals surface area contributed by atoms with Crippen LogP contribution in [0.1, 0.15) is 25.8 Å². The Kier molecular flexibility index (Phi) is 4.76. The third-order valence-electron chi connectivity index (χ3n) is 4.44. The van der Waals surface area contributed by atoms with Gasteiger partial charge in [0, 0.05) is 5.41 Å². The summed E-state index contributed by atoms with van der Waals surface area (Å²) in [6.07, 6.45) is 1.53. The summed E-state index contributed by atoms with van der Waals surface area (Å²) in [5, 5.41) is 1.31. The fraction of sp³-hybridized carbons (Fsp3) is 0.500. The molecule has 0 spiro atoms. The van der Waals surface area contributed by atoms with Crippen LogP contribution in [0.15, 0.2) is 40.1 Å². The van der Waals surface area contributed by atoms with Crippen molar-refractivity contribution in [2.75, 3.05) is 12.9 Å².